The highest BCUT2D eigenvalue weighted by atomic mass is 16.1. The van der Waals surface area contributed by atoms with E-state index in [0.717, 1.165) is 17.7 Å². The van der Waals surface area contributed by atoms with Crippen LogP contribution in [0.25, 0.3) is 0 Å². The van der Waals surface area contributed by atoms with E-state index in [4.69, 9.17) is 5.73 Å². The van der Waals surface area contributed by atoms with Crippen molar-refractivity contribution in [1.82, 2.24) is 15.1 Å². The highest BCUT2D eigenvalue weighted by Crippen LogP contribution is 2.06. The van der Waals surface area contributed by atoms with Gasteiger partial charge in [0.1, 0.15) is 0 Å². The van der Waals surface area contributed by atoms with Crippen LogP contribution in [-0.4, -0.2) is 22.2 Å². The van der Waals surface area contributed by atoms with Gasteiger partial charge >= 0.3 is 0 Å². The van der Waals surface area contributed by atoms with E-state index in [1.807, 2.05) is 20.9 Å². The monoisotopic (exact) mass is 224 g/mol. The number of aryl methyl sites for hydroxylation is 1. The van der Waals surface area contributed by atoms with Crippen LogP contribution in [0.5, 0.6) is 0 Å². The van der Waals surface area contributed by atoms with E-state index in [2.05, 4.69) is 10.4 Å². The molecule has 0 saturated carbocycles. The van der Waals surface area contributed by atoms with Gasteiger partial charge in [-0.3, -0.25) is 9.48 Å². The second-order valence-electron chi connectivity index (χ2n) is 3.94. The van der Waals surface area contributed by atoms with Crippen LogP contribution in [0.15, 0.2) is 6.20 Å². The first-order valence-electron chi connectivity index (χ1n) is 5.55. The topological polar surface area (TPSA) is 72.9 Å². The zero-order chi connectivity index (χ0) is 12.1. The summed E-state index contributed by atoms with van der Waals surface area (Å²) < 4.78 is 1.79. The molecule has 0 aromatic carbocycles. The number of nitrogens with one attached hydrogen (secondary N) is 1. The zero-order valence-electron chi connectivity index (χ0n) is 10.2. The lowest BCUT2D eigenvalue weighted by molar-refractivity contribution is -0.124. The minimum Gasteiger partial charge on any atom is -0.352 e. The molecular formula is C11H20N4O. The van der Waals surface area contributed by atoms with Gasteiger partial charge in [-0.2, -0.15) is 5.10 Å². The average Bonchev–Trinajstić information content (AvgIpc) is 2.59. The van der Waals surface area contributed by atoms with Crippen molar-refractivity contribution >= 4 is 5.91 Å². The Bertz CT molecular complexity index is 355. The van der Waals surface area contributed by atoms with Crippen LogP contribution >= 0.6 is 0 Å². The third kappa shape index (κ3) is 2.82. The van der Waals surface area contributed by atoms with E-state index < -0.39 is 0 Å². The van der Waals surface area contributed by atoms with Crippen molar-refractivity contribution in [2.24, 2.45) is 18.7 Å². The van der Waals surface area contributed by atoms with E-state index in [-0.39, 0.29) is 11.8 Å². The first kappa shape index (κ1) is 12.7. The molecule has 0 aliphatic rings. The van der Waals surface area contributed by atoms with Gasteiger partial charge in [0.05, 0.1) is 6.20 Å². The Morgan fingerprint density at radius 1 is 1.69 bits per heavy atom. The summed E-state index contributed by atoms with van der Waals surface area (Å²) in [5.41, 5.74) is 7.62. The number of nitrogens with two attached hydrogens (primary N) is 1. The molecule has 16 heavy (non-hydrogen) atoms. The molecule has 0 radical (unpaired) electrons. The number of carbonyl (C=O) groups excluding carboxylic acids is 1. The predicted molar refractivity (Wildman–Crippen MR) is 62.6 cm³/mol. The summed E-state index contributed by atoms with van der Waals surface area (Å²) in [6.45, 7) is 4.87. The van der Waals surface area contributed by atoms with Gasteiger partial charge in [-0.05, 0) is 13.3 Å². The minimum atomic E-state index is -0.0861. The maximum atomic E-state index is 11.7. The highest BCUT2D eigenvalue weighted by Gasteiger charge is 2.14. The van der Waals surface area contributed by atoms with Crippen molar-refractivity contribution in [1.29, 1.82) is 0 Å². The molecule has 1 amide bonds. The lowest BCUT2D eigenvalue weighted by Crippen LogP contribution is -2.34. The fraction of sp³-hybridized carbons (Fsp3) is 0.636. The summed E-state index contributed by atoms with van der Waals surface area (Å²) in [5, 5.41) is 7.00. The van der Waals surface area contributed by atoms with Crippen molar-refractivity contribution in [2.45, 2.75) is 26.8 Å². The third-order valence-electron chi connectivity index (χ3n) is 2.94. The molecule has 1 rings (SSSR count). The average molecular weight is 224 g/mol. The lowest BCUT2D eigenvalue weighted by atomic mass is 10.1. The van der Waals surface area contributed by atoms with E-state index in [1.165, 1.54) is 0 Å². The van der Waals surface area contributed by atoms with Gasteiger partial charge in [-0.25, -0.2) is 0 Å². The quantitative estimate of drug-likeness (QED) is 0.757. The Kier molecular flexibility index (Phi) is 4.49. The van der Waals surface area contributed by atoms with Gasteiger partial charge in [0.25, 0.3) is 0 Å². The summed E-state index contributed by atoms with van der Waals surface area (Å²) in [4.78, 5) is 11.7. The Hall–Kier alpha value is -1.36. The molecule has 1 unspecified atom stereocenters. The summed E-state index contributed by atoms with van der Waals surface area (Å²) in [6, 6.07) is 0. The molecule has 1 heterocycles. The largest absolute Gasteiger partial charge is 0.352 e. The van der Waals surface area contributed by atoms with Crippen LogP contribution in [0.4, 0.5) is 0 Å². The second kappa shape index (κ2) is 5.65. The van der Waals surface area contributed by atoms with Gasteiger partial charge in [-0.15, -0.1) is 0 Å². The van der Waals surface area contributed by atoms with Crippen molar-refractivity contribution < 1.29 is 4.79 Å². The Balaban J connectivity index is 2.52. The van der Waals surface area contributed by atoms with Crippen molar-refractivity contribution in [2.75, 3.05) is 6.54 Å². The smallest absolute Gasteiger partial charge is 0.224 e. The normalized spacial score (nSPS) is 12.5. The zero-order valence-corrected chi connectivity index (χ0v) is 10.2. The van der Waals surface area contributed by atoms with Crippen molar-refractivity contribution in [3.63, 3.8) is 0 Å². The number of nitrogens with zero attached hydrogens (tertiary/aromatic N) is 2. The van der Waals surface area contributed by atoms with E-state index >= 15 is 0 Å². The van der Waals surface area contributed by atoms with E-state index in [1.54, 1.807) is 10.9 Å². The van der Waals surface area contributed by atoms with Crippen LogP contribution in [0.1, 0.15) is 24.6 Å². The third-order valence-corrected chi connectivity index (χ3v) is 2.94. The van der Waals surface area contributed by atoms with Gasteiger partial charge in [-0.1, -0.05) is 6.92 Å². The van der Waals surface area contributed by atoms with Crippen LogP contribution in [0, 0.1) is 12.8 Å². The molecule has 0 saturated heterocycles. The number of hydrogen-bond acceptors (Lipinski definition) is 3. The molecule has 0 spiro atoms. The highest BCUT2D eigenvalue weighted by molar-refractivity contribution is 5.78. The summed E-state index contributed by atoms with van der Waals surface area (Å²) >= 11 is 0. The fourth-order valence-electron chi connectivity index (χ4n) is 1.50. The first-order chi connectivity index (χ1) is 7.60. The van der Waals surface area contributed by atoms with Crippen LogP contribution in [0.2, 0.25) is 0 Å². The molecule has 5 heteroatoms. The predicted octanol–water partition coefficient (Wildman–Crippen LogP) is 0.330. The molecule has 0 bridgehead atoms. The van der Waals surface area contributed by atoms with Gasteiger partial charge in [0.15, 0.2) is 0 Å². The lowest BCUT2D eigenvalue weighted by Gasteiger charge is -2.12. The molecule has 0 fully saturated rings. The van der Waals surface area contributed by atoms with E-state index in [9.17, 15) is 4.79 Å². The van der Waals surface area contributed by atoms with Crippen LogP contribution < -0.4 is 11.1 Å². The molecule has 1 aromatic heterocycles. The SMILES string of the molecule is CCC(CN)C(=O)NCc1cnn(C)c1C. The molecular weight excluding hydrogens is 204 g/mol. The molecule has 1 aromatic rings. The second-order valence-corrected chi connectivity index (χ2v) is 3.94. The molecule has 90 valence electrons. The number of rotatable bonds is 5. The number of amides is 1. The molecule has 5 nitrogen and oxygen atoms in total. The summed E-state index contributed by atoms with van der Waals surface area (Å²) in [5.74, 6) is -0.0646. The van der Waals surface area contributed by atoms with Crippen LogP contribution in [-0.2, 0) is 18.4 Å². The first-order valence-corrected chi connectivity index (χ1v) is 5.55. The van der Waals surface area contributed by atoms with Crippen LogP contribution in [0.3, 0.4) is 0 Å². The summed E-state index contributed by atoms with van der Waals surface area (Å²) in [7, 11) is 1.88. The van der Waals surface area contributed by atoms with Crippen molar-refractivity contribution in [3.05, 3.63) is 17.5 Å². The molecule has 1 atom stereocenters. The minimum absolute atomic E-state index is 0.0215. The number of hydrogen-bond donors (Lipinski definition) is 2. The van der Waals surface area contributed by atoms with Gasteiger partial charge in [0.2, 0.25) is 5.91 Å². The van der Waals surface area contributed by atoms with Gasteiger partial charge < -0.3 is 11.1 Å². The summed E-state index contributed by atoms with van der Waals surface area (Å²) in [6.07, 6.45) is 2.55. The molecule has 0 aliphatic carbocycles. The van der Waals surface area contributed by atoms with E-state index in [0.29, 0.717) is 13.1 Å². The maximum Gasteiger partial charge on any atom is 0.224 e. The molecule has 3 N–H and O–H groups in total. The maximum absolute atomic E-state index is 11.7. The molecule has 0 aliphatic heterocycles. The number of aromatic nitrogens is 2. The van der Waals surface area contributed by atoms with Gasteiger partial charge in [0, 0.05) is 37.3 Å². The Labute approximate surface area is 96.0 Å². The Morgan fingerprint density at radius 3 is 2.81 bits per heavy atom. The Morgan fingerprint density at radius 2 is 2.38 bits per heavy atom. The standard InChI is InChI=1S/C11H20N4O/c1-4-9(5-12)11(16)13-6-10-7-14-15(3)8(10)2/h7,9H,4-6,12H2,1-3H3,(H,13,16). The fourth-order valence-corrected chi connectivity index (χ4v) is 1.50. The van der Waals surface area contributed by atoms with Crippen molar-refractivity contribution in [3.8, 4) is 0 Å². The number of carbonyl (C=O) groups is 1.